The van der Waals surface area contributed by atoms with Gasteiger partial charge in [0, 0.05) is 23.3 Å². The maximum Gasteiger partial charge on any atom is 0.136 e. The summed E-state index contributed by atoms with van der Waals surface area (Å²) in [5.74, 6) is 1.45. The molecule has 0 spiro atoms. The van der Waals surface area contributed by atoms with Crippen molar-refractivity contribution in [3.05, 3.63) is 0 Å². The van der Waals surface area contributed by atoms with Crippen molar-refractivity contribution in [2.24, 2.45) is 11.8 Å². The quantitative estimate of drug-likeness (QED) is 0.706. The number of aliphatic hydroxyl groups excluding tert-OH is 1. The summed E-state index contributed by atoms with van der Waals surface area (Å²) in [7, 11) is 0. The number of fused-ring (bicyclic) bond motifs is 1. The highest BCUT2D eigenvalue weighted by Gasteiger charge is 2.53. The largest absolute Gasteiger partial charge is 0.392 e. The molecule has 0 aromatic heterocycles. The van der Waals surface area contributed by atoms with Gasteiger partial charge in [-0.15, -0.1) is 0 Å². The first-order chi connectivity index (χ1) is 8.94. The zero-order chi connectivity index (χ0) is 14.0. The zero-order valence-corrected chi connectivity index (χ0v) is 12.8. The standard InChI is InChI=1S/C15H26O3S/c1-3-4-5-6-15(2,18)9-19-14-11-8-12(16)10(11)7-13(14)17/h10-11,13-14,17-18H,3-9H2,1-2H3/t10-,11-,13+,14+,15?/m0/s1. The van der Waals surface area contributed by atoms with Gasteiger partial charge in [-0.05, 0) is 25.7 Å². The van der Waals surface area contributed by atoms with Gasteiger partial charge in [0.1, 0.15) is 5.78 Å². The van der Waals surface area contributed by atoms with Crippen LogP contribution in [0.4, 0.5) is 0 Å². The third kappa shape index (κ3) is 3.53. The van der Waals surface area contributed by atoms with Crippen molar-refractivity contribution in [1.29, 1.82) is 0 Å². The monoisotopic (exact) mass is 286 g/mol. The van der Waals surface area contributed by atoms with E-state index in [1.165, 1.54) is 0 Å². The number of hydrogen-bond donors (Lipinski definition) is 2. The van der Waals surface area contributed by atoms with E-state index in [4.69, 9.17) is 0 Å². The van der Waals surface area contributed by atoms with Gasteiger partial charge in [0.2, 0.25) is 0 Å². The number of ketones is 1. The minimum absolute atomic E-state index is 0.109. The Balaban J connectivity index is 1.77. The predicted molar refractivity (Wildman–Crippen MR) is 78.2 cm³/mol. The van der Waals surface area contributed by atoms with Crippen LogP contribution in [-0.4, -0.2) is 38.7 Å². The molecule has 0 aromatic rings. The third-order valence-corrected chi connectivity index (χ3v) is 6.41. The average molecular weight is 286 g/mol. The Morgan fingerprint density at radius 2 is 2.16 bits per heavy atom. The Bertz CT molecular complexity index is 329. The lowest BCUT2D eigenvalue weighted by Gasteiger charge is -2.33. The van der Waals surface area contributed by atoms with Crippen molar-refractivity contribution in [3.63, 3.8) is 0 Å². The molecule has 0 aliphatic heterocycles. The van der Waals surface area contributed by atoms with E-state index >= 15 is 0 Å². The van der Waals surface area contributed by atoms with Crippen LogP contribution in [-0.2, 0) is 4.79 Å². The molecule has 3 nitrogen and oxygen atoms in total. The second-order valence-electron chi connectivity index (χ2n) is 6.47. The molecule has 2 aliphatic carbocycles. The predicted octanol–water partition coefficient (Wildman–Crippen LogP) is 2.39. The van der Waals surface area contributed by atoms with E-state index < -0.39 is 5.60 Å². The Morgan fingerprint density at radius 3 is 2.74 bits per heavy atom. The lowest BCUT2D eigenvalue weighted by atomic mass is 9.75. The second kappa shape index (κ2) is 6.15. The fourth-order valence-corrected chi connectivity index (χ4v) is 4.84. The van der Waals surface area contributed by atoms with Crippen molar-refractivity contribution in [2.75, 3.05) is 5.75 Å². The second-order valence-corrected chi connectivity index (χ2v) is 7.64. The Morgan fingerprint density at radius 1 is 1.42 bits per heavy atom. The first kappa shape index (κ1) is 15.3. The molecule has 2 saturated carbocycles. The molecule has 2 N–H and O–H groups in total. The van der Waals surface area contributed by atoms with Crippen LogP contribution in [0, 0.1) is 11.8 Å². The summed E-state index contributed by atoms with van der Waals surface area (Å²) in [6.07, 6.45) is 5.11. The van der Waals surface area contributed by atoms with Crippen molar-refractivity contribution in [1.82, 2.24) is 0 Å². The molecular weight excluding hydrogens is 260 g/mol. The van der Waals surface area contributed by atoms with Gasteiger partial charge in [0.25, 0.3) is 0 Å². The van der Waals surface area contributed by atoms with E-state index in [1.54, 1.807) is 11.8 Å². The normalized spacial score (nSPS) is 36.7. The van der Waals surface area contributed by atoms with Crippen LogP contribution < -0.4 is 0 Å². The number of thioether (sulfide) groups is 1. The van der Waals surface area contributed by atoms with Gasteiger partial charge in [-0.1, -0.05) is 26.2 Å². The van der Waals surface area contributed by atoms with Gasteiger partial charge in [-0.2, -0.15) is 11.8 Å². The maximum atomic E-state index is 11.4. The van der Waals surface area contributed by atoms with E-state index in [-0.39, 0.29) is 17.3 Å². The minimum Gasteiger partial charge on any atom is -0.392 e. The molecule has 0 amide bonds. The van der Waals surface area contributed by atoms with E-state index in [9.17, 15) is 15.0 Å². The van der Waals surface area contributed by atoms with Crippen LogP contribution in [0.25, 0.3) is 0 Å². The minimum atomic E-state index is -0.647. The van der Waals surface area contributed by atoms with Gasteiger partial charge in [0.05, 0.1) is 11.7 Å². The maximum absolute atomic E-state index is 11.4. The summed E-state index contributed by atoms with van der Waals surface area (Å²) in [5, 5.41) is 20.5. The molecule has 0 aromatic carbocycles. The number of carbonyl (C=O) groups excluding carboxylic acids is 1. The molecule has 0 bridgehead atoms. The summed E-state index contributed by atoms with van der Waals surface area (Å²) in [6, 6.07) is 0. The Labute approximate surface area is 120 Å². The average Bonchev–Trinajstić information content (AvgIpc) is 2.59. The zero-order valence-electron chi connectivity index (χ0n) is 12.0. The van der Waals surface area contributed by atoms with Crippen molar-refractivity contribution in [3.8, 4) is 0 Å². The summed E-state index contributed by atoms with van der Waals surface area (Å²) < 4.78 is 0. The van der Waals surface area contributed by atoms with Gasteiger partial charge in [0.15, 0.2) is 0 Å². The molecular formula is C15H26O3S. The summed E-state index contributed by atoms with van der Waals surface area (Å²) in [6.45, 7) is 4.05. The first-order valence-corrected chi connectivity index (χ1v) is 8.54. The van der Waals surface area contributed by atoms with Gasteiger partial charge >= 0.3 is 0 Å². The van der Waals surface area contributed by atoms with E-state index in [0.29, 0.717) is 30.3 Å². The van der Waals surface area contributed by atoms with E-state index in [1.807, 2.05) is 6.92 Å². The fourth-order valence-electron chi connectivity index (χ4n) is 3.27. The van der Waals surface area contributed by atoms with Gasteiger partial charge in [-0.3, -0.25) is 4.79 Å². The summed E-state index contributed by atoms with van der Waals surface area (Å²) >= 11 is 1.67. The molecule has 5 atom stereocenters. The first-order valence-electron chi connectivity index (χ1n) is 7.49. The lowest BCUT2D eigenvalue weighted by Crippen LogP contribution is -2.39. The molecule has 2 rings (SSSR count). The van der Waals surface area contributed by atoms with Crippen LogP contribution in [0.3, 0.4) is 0 Å². The number of unbranched alkanes of at least 4 members (excludes halogenated alkanes) is 2. The molecule has 0 heterocycles. The van der Waals surface area contributed by atoms with Crippen LogP contribution in [0.1, 0.15) is 52.4 Å². The highest BCUT2D eigenvalue weighted by atomic mass is 32.2. The van der Waals surface area contributed by atoms with Crippen LogP contribution >= 0.6 is 11.8 Å². The number of aliphatic hydroxyl groups is 2. The SMILES string of the molecule is CCCCCC(C)(O)CS[C@@H]1[C@H]2CC(=O)[C@H]2C[C@H]1O. The number of Topliss-reactive ketones (excluding diaryl/α,β-unsaturated/α-hetero) is 1. The van der Waals surface area contributed by atoms with E-state index in [0.717, 1.165) is 25.7 Å². The summed E-state index contributed by atoms with van der Waals surface area (Å²) in [5.41, 5.74) is -0.647. The number of hydrogen-bond acceptors (Lipinski definition) is 4. The van der Waals surface area contributed by atoms with E-state index in [2.05, 4.69) is 6.92 Å². The molecule has 110 valence electrons. The molecule has 2 aliphatic rings. The van der Waals surface area contributed by atoms with Crippen LogP contribution in [0.2, 0.25) is 0 Å². The van der Waals surface area contributed by atoms with Crippen LogP contribution in [0.5, 0.6) is 0 Å². The summed E-state index contributed by atoms with van der Waals surface area (Å²) in [4.78, 5) is 11.4. The molecule has 0 radical (unpaired) electrons. The topological polar surface area (TPSA) is 57.5 Å². The molecule has 2 fully saturated rings. The molecule has 4 heteroatoms. The van der Waals surface area contributed by atoms with Crippen molar-refractivity contribution >= 4 is 17.5 Å². The van der Waals surface area contributed by atoms with Gasteiger partial charge < -0.3 is 10.2 Å². The fraction of sp³-hybridized carbons (Fsp3) is 0.933. The molecule has 19 heavy (non-hydrogen) atoms. The van der Waals surface area contributed by atoms with Crippen molar-refractivity contribution < 1.29 is 15.0 Å². The highest BCUT2D eigenvalue weighted by Crippen LogP contribution is 2.49. The molecule has 0 saturated heterocycles. The Hall–Kier alpha value is -0.0600. The smallest absolute Gasteiger partial charge is 0.136 e. The number of rotatable bonds is 7. The Kier molecular flexibility index (Phi) is 4.96. The third-order valence-electron chi connectivity index (χ3n) is 4.57. The molecule has 1 unspecified atom stereocenters. The highest BCUT2D eigenvalue weighted by molar-refractivity contribution is 8.00. The lowest BCUT2D eigenvalue weighted by molar-refractivity contribution is -0.132. The van der Waals surface area contributed by atoms with Crippen molar-refractivity contribution in [2.45, 2.75) is 69.3 Å². The number of carbonyl (C=O) groups is 1. The van der Waals surface area contributed by atoms with Crippen LogP contribution in [0.15, 0.2) is 0 Å². The van der Waals surface area contributed by atoms with Gasteiger partial charge in [-0.25, -0.2) is 0 Å².